The third-order valence-electron chi connectivity index (χ3n) is 8.47. The first-order valence-electron chi connectivity index (χ1n) is 15.4. The van der Waals surface area contributed by atoms with Crippen molar-refractivity contribution in [1.29, 1.82) is 0 Å². The van der Waals surface area contributed by atoms with E-state index in [2.05, 4.69) is 68.1 Å². The number of alkyl halides is 3. The number of aryl methyl sites for hydroxylation is 1. The first kappa shape index (κ1) is 31.7. The van der Waals surface area contributed by atoms with Gasteiger partial charge in [-0.2, -0.15) is 4.99 Å². The van der Waals surface area contributed by atoms with Crippen LogP contribution in [-0.4, -0.2) is 50.2 Å². The first-order chi connectivity index (χ1) is 22.2. The number of benzene rings is 3. The van der Waals surface area contributed by atoms with E-state index in [4.69, 9.17) is 0 Å². The van der Waals surface area contributed by atoms with E-state index in [0.717, 1.165) is 54.3 Å². The van der Waals surface area contributed by atoms with Crippen molar-refractivity contribution in [3.8, 4) is 22.8 Å². The Morgan fingerprint density at radius 3 is 2.54 bits per heavy atom. The van der Waals surface area contributed by atoms with Gasteiger partial charge in [-0.15, -0.1) is 18.3 Å². The molecule has 1 aliphatic heterocycles. The molecule has 2 amide bonds. The van der Waals surface area contributed by atoms with Crippen LogP contribution in [-0.2, 0) is 6.42 Å². The third kappa shape index (κ3) is 7.38. The molecule has 0 radical (unpaired) electrons. The smallest absolute Gasteiger partial charge is 0.406 e. The molecule has 3 aromatic carbocycles. The molecule has 1 saturated carbocycles. The number of anilines is 1. The lowest BCUT2D eigenvalue weighted by Crippen LogP contribution is -2.43. The number of amides is 2. The van der Waals surface area contributed by atoms with Crippen LogP contribution in [0.4, 0.5) is 23.7 Å². The molecule has 2 aliphatic rings. The summed E-state index contributed by atoms with van der Waals surface area (Å²) in [5.41, 5.74) is 4.93. The van der Waals surface area contributed by atoms with Crippen LogP contribution in [0.1, 0.15) is 56.6 Å². The summed E-state index contributed by atoms with van der Waals surface area (Å²) >= 11 is 1.64. The Bertz CT molecular complexity index is 1690. The second-order valence-electron chi connectivity index (χ2n) is 11.6. The van der Waals surface area contributed by atoms with Crippen molar-refractivity contribution >= 4 is 28.6 Å². The van der Waals surface area contributed by atoms with Gasteiger partial charge in [0.1, 0.15) is 12.1 Å². The zero-order chi connectivity index (χ0) is 32.3. The van der Waals surface area contributed by atoms with E-state index in [1.165, 1.54) is 46.4 Å². The molecule has 1 aliphatic carbocycles. The Kier molecular flexibility index (Phi) is 9.34. The van der Waals surface area contributed by atoms with Crippen LogP contribution < -0.4 is 15.0 Å². The molecule has 4 aromatic rings. The van der Waals surface area contributed by atoms with Gasteiger partial charge in [0.15, 0.2) is 11.0 Å². The van der Waals surface area contributed by atoms with E-state index >= 15 is 0 Å². The molecule has 1 saturated heterocycles. The van der Waals surface area contributed by atoms with Crippen LogP contribution in [0, 0.1) is 0 Å². The summed E-state index contributed by atoms with van der Waals surface area (Å²) in [5, 5.41) is 8.41. The molecule has 3 atom stereocenters. The number of rotatable bonds is 7. The number of carbonyl (C=O) groups excluding carboxylic acids is 1. The number of hydrogen-bond donors (Lipinski definition) is 1. The number of aromatic nitrogens is 3. The molecule has 46 heavy (non-hydrogen) atoms. The number of amidine groups is 1. The van der Waals surface area contributed by atoms with Gasteiger partial charge in [0, 0.05) is 29.1 Å². The minimum atomic E-state index is -4.74. The zero-order valence-corrected chi connectivity index (χ0v) is 26.4. The number of halogens is 3. The van der Waals surface area contributed by atoms with Crippen LogP contribution in [0.3, 0.4) is 0 Å². The molecule has 8 nitrogen and oxygen atoms in total. The third-order valence-corrected chi connectivity index (χ3v) is 9.46. The van der Waals surface area contributed by atoms with Gasteiger partial charge in [-0.1, -0.05) is 61.2 Å². The minimum absolute atomic E-state index is 0.0502. The lowest BCUT2D eigenvalue weighted by atomic mass is 9.96. The minimum Gasteiger partial charge on any atom is -0.406 e. The molecule has 12 heteroatoms. The predicted molar refractivity (Wildman–Crippen MR) is 175 cm³/mol. The normalized spacial score (nSPS) is 21.0. The summed E-state index contributed by atoms with van der Waals surface area (Å²) in [7, 11) is 0. The maximum absolute atomic E-state index is 13.1. The molecule has 0 bridgehead atoms. The van der Waals surface area contributed by atoms with E-state index in [1.54, 1.807) is 11.8 Å². The standard InChI is InChI=1S/C34H35F3N6O2S/c1-3-23-6-4-5-7-30(23)43-22(2)18-19-46-33(43)40-32(44)39-27-13-12-26(20-27)24-8-10-25(11-9-24)31-38-21-42(41-31)28-14-16-29(17-15-28)45-34(35,36)37/h4-11,14-17,21-22,26-27H,3,12-13,18-20H2,1-2H3,(H,39,44). The van der Waals surface area contributed by atoms with E-state index in [-0.39, 0.29) is 23.9 Å². The van der Waals surface area contributed by atoms with Gasteiger partial charge in [0.05, 0.1) is 5.69 Å². The molecule has 240 valence electrons. The van der Waals surface area contributed by atoms with Crippen LogP contribution in [0.25, 0.3) is 17.1 Å². The fraction of sp³-hybridized carbons (Fsp3) is 0.353. The molecule has 6 rings (SSSR count). The molecular formula is C34H35F3N6O2S. The van der Waals surface area contributed by atoms with E-state index in [1.807, 2.05) is 24.3 Å². The molecule has 0 spiro atoms. The fourth-order valence-corrected chi connectivity index (χ4v) is 7.32. The summed E-state index contributed by atoms with van der Waals surface area (Å²) in [6.45, 7) is 4.33. The number of hydrogen-bond acceptors (Lipinski definition) is 5. The van der Waals surface area contributed by atoms with E-state index in [9.17, 15) is 18.0 Å². The Balaban J connectivity index is 1.06. The van der Waals surface area contributed by atoms with Crippen LogP contribution in [0.15, 0.2) is 84.1 Å². The number of carbonyl (C=O) groups is 1. The number of ether oxygens (including phenoxy) is 1. The highest BCUT2D eigenvalue weighted by molar-refractivity contribution is 8.14. The Hall–Kier alpha value is -4.32. The van der Waals surface area contributed by atoms with Gasteiger partial charge >= 0.3 is 12.4 Å². The zero-order valence-electron chi connectivity index (χ0n) is 25.6. The lowest BCUT2D eigenvalue weighted by Gasteiger charge is -2.36. The molecule has 2 fully saturated rings. The van der Waals surface area contributed by atoms with Crippen molar-refractivity contribution in [2.75, 3.05) is 10.7 Å². The lowest BCUT2D eigenvalue weighted by molar-refractivity contribution is -0.274. The van der Waals surface area contributed by atoms with Crippen molar-refractivity contribution in [3.05, 3.63) is 90.3 Å². The van der Waals surface area contributed by atoms with E-state index < -0.39 is 6.36 Å². The largest absolute Gasteiger partial charge is 0.573 e. The Morgan fingerprint density at radius 2 is 1.80 bits per heavy atom. The van der Waals surface area contributed by atoms with Crippen LogP contribution in [0.5, 0.6) is 5.75 Å². The van der Waals surface area contributed by atoms with Crippen molar-refractivity contribution in [2.24, 2.45) is 4.99 Å². The highest BCUT2D eigenvalue weighted by atomic mass is 32.2. The summed E-state index contributed by atoms with van der Waals surface area (Å²) in [6, 6.07) is 21.9. The topological polar surface area (TPSA) is 84.6 Å². The van der Waals surface area contributed by atoms with Gasteiger partial charge in [0.2, 0.25) is 0 Å². The maximum Gasteiger partial charge on any atom is 0.573 e. The van der Waals surface area contributed by atoms with Gasteiger partial charge in [-0.05, 0) is 86.4 Å². The van der Waals surface area contributed by atoms with Crippen molar-refractivity contribution in [1.82, 2.24) is 20.1 Å². The number of aliphatic imine (C=N–C) groups is 1. The average Bonchev–Trinajstić information content (AvgIpc) is 3.72. The quantitative estimate of drug-likeness (QED) is 0.218. The second-order valence-corrected chi connectivity index (χ2v) is 12.6. The fourth-order valence-electron chi connectivity index (χ4n) is 6.11. The highest BCUT2D eigenvalue weighted by Gasteiger charge is 2.32. The van der Waals surface area contributed by atoms with E-state index in [0.29, 0.717) is 17.4 Å². The number of urea groups is 1. The van der Waals surface area contributed by atoms with Gasteiger partial charge in [-0.3, -0.25) is 0 Å². The Labute approximate surface area is 270 Å². The number of thioether (sulfide) groups is 1. The summed E-state index contributed by atoms with van der Waals surface area (Å²) in [6.07, 6.45) is 1.40. The molecule has 2 heterocycles. The number of nitrogens with one attached hydrogen (secondary N) is 1. The second kappa shape index (κ2) is 13.6. The Morgan fingerprint density at radius 1 is 1.04 bits per heavy atom. The molecule has 1 aromatic heterocycles. The SMILES string of the molecule is CCc1ccccc1N1C(=NC(=O)NC2CCC(c3ccc(-c4ncn(-c5ccc(OC(F)(F)F)cc5)n4)cc3)C2)SCCC1C. The molecule has 3 unspecified atom stereocenters. The predicted octanol–water partition coefficient (Wildman–Crippen LogP) is 8.13. The maximum atomic E-state index is 13.1. The molecule has 1 N–H and O–H groups in total. The summed E-state index contributed by atoms with van der Waals surface area (Å²) in [5.74, 6) is 1.45. The van der Waals surface area contributed by atoms with Crippen LogP contribution >= 0.6 is 11.8 Å². The van der Waals surface area contributed by atoms with Crippen molar-refractivity contribution in [3.63, 3.8) is 0 Å². The van der Waals surface area contributed by atoms with Crippen molar-refractivity contribution < 1.29 is 22.7 Å². The first-order valence-corrected chi connectivity index (χ1v) is 16.4. The van der Waals surface area contributed by atoms with Crippen LogP contribution in [0.2, 0.25) is 0 Å². The molecular weight excluding hydrogens is 613 g/mol. The number of nitrogens with zero attached hydrogens (tertiary/aromatic N) is 5. The van der Waals surface area contributed by atoms with Gasteiger partial charge < -0.3 is 15.0 Å². The summed E-state index contributed by atoms with van der Waals surface area (Å²) < 4.78 is 42.8. The summed E-state index contributed by atoms with van der Waals surface area (Å²) in [4.78, 5) is 24.3. The van der Waals surface area contributed by atoms with Gasteiger partial charge in [0.25, 0.3) is 0 Å². The van der Waals surface area contributed by atoms with Crippen molar-refractivity contribution in [2.45, 2.75) is 70.3 Å². The monoisotopic (exact) mass is 648 g/mol. The highest BCUT2D eigenvalue weighted by Crippen LogP contribution is 2.36. The van der Waals surface area contributed by atoms with Gasteiger partial charge in [-0.25, -0.2) is 14.5 Å². The number of para-hydroxylation sites is 1. The average molecular weight is 649 g/mol.